The Kier molecular flexibility index (Phi) is 6.48. The van der Waals surface area contributed by atoms with Crippen LogP contribution in [0.25, 0.3) is 0 Å². The van der Waals surface area contributed by atoms with Crippen LogP contribution in [0.1, 0.15) is 26.3 Å². The molecule has 0 heterocycles. The third-order valence-corrected chi connectivity index (χ3v) is 3.33. The van der Waals surface area contributed by atoms with Gasteiger partial charge in [-0.05, 0) is 54.4 Å². The van der Waals surface area contributed by atoms with Gasteiger partial charge in [-0.15, -0.1) is 0 Å². The molecule has 5 nitrogen and oxygen atoms in total. The Hall–Kier alpha value is -1.27. The molecule has 1 aromatic rings. The minimum atomic E-state index is -0.192. The Morgan fingerprint density at radius 3 is 2.52 bits per heavy atom. The second-order valence-electron chi connectivity index (χ2n) is 5.67. The predicted molar refractivity (Wildman–Crippen MR) is 86.8 cm³/mol. The Morgan fingerprint density at radius 2 is 2.00 bits per heavy atom. The van der Waals surface area contributed by atoms with Crippen molar-refractivity contribution in [3.8, 4) is 11.5 Å². The van der Waals surface area contributed by atoms with Gasteiger partial charge in [0, 0.05) is 19.1 Å². The molecule has 0 atom stereocenters. The lowest BCUT2D eigenvalue weighted by Gasteiger charge is -2.21. The molecule has 1 rings (SSSR count). The maximum Gasteiger partial charge on any atom is 0.257 e. The predicted octanol–water partition coefficient (Wildman–Crippen LogP) is 2.47. The lowest BCUT2D eigenvalue weighted by molar-refractivity contribution is -0.122. The maximum atomic E-state index is 11.3. The van der Waals surface area contributed by atoms with Gasteiger partial charge >= 0.3 is 0 Å². The highest BCUT2D eigenvalue weighted by Crippen LogP contribution is 2.36. The first-order valence-corrected chi connectivity index (χ1v) is 7.51. The van der Waals surface area contributed by atoms with Crippen molar-refractivity contribution >= 4 is 21.8 Å². The SMILES string of the molecule is CNC(=O)COc1c(Br)cc(CNC(C)(C)C)cc1OC. The molecule has 0 aliphatic heterocycles. The number of amides is 1. The normalized spacial score (nSPS) is 11.1. The van der Waals surface area contributed by atoms with Crippen LogP contribution in [0.4, 0.5) is 0 Å². The van der Waals surface area contributed by atoms with E-state index in [-0.39, 0.29) is 18.1 Å². The molecule has 0 unspecified atom stereocenters. The molecule has 118 valence electrons. The van der Waals surface area contributed by atoms with Gasteiger partial charge in [-0.1, -0.05) is 0 Å². The summed E-state index contributed by atoms with van der Waals surface area (Å²) in [7, 11) is 3.15. The van der Waals surface area contributed by atoms with Gasteiger partial charge in [-0.2, -0.15) is 0 Å². The molecule has 0 aliphatic rings. The molecule has 0 aromatic heterocycles. The first-order valence-electron chi connectivity index (χ1n) is 6.71. The molecule has 1 aromatic carbocycles. The van der Waals surface area contributed by atoms with Gasteiger partial charge in [0.2, 0.25) is 0 Å². The molecular formula is C15H23BrN2O3. The lowest BCUT2D eigenvalue weighted by Crippen LogP contribution is -2.35. The van der Waals surface area contributed by atoms with Crippen LogP contribution >= 0.6 is 15.9 Å². The lowest BCUT2D eigenvalue weighted by atomic mass is 10.1. The van der Waals surface area contributed by atoms with Crippen molar-refractivity contribution in [1.82, 2.24) is 10.6 Å². The van der Waals surface area contributed by atoms with Gasteiger partial charge in [0.25, 0.3) is 5.91 Å². The molecular weight excluding hydrogens is 336 g/mol. The number of carbonyl (C=O) groups is 1. The van der Waals surface area contributed by atoms with Crippen molar-refractivity contribution < 1.29 is 14.3 Å². The molecule has 21 heavy (non-hydrogen) atoms. The van der Waals surface area contributed by atoms with E-state index in [0.29, 0.717) is 18.0 Å². The molecule has 0 saturated carbocycles. The summed E-state index contributed by atoms with van der Waals surface area (Å²) < 4.78 is 11.6. The third-order valence-electron chi connectivity index (χ3n) is 2.74. The zero-order valence-electron chi connectivity index (χ0n) is 13.2. The van der Waals surface area contributed by atoms with Crippen LogP contribution in [-0.4, -0.2) is 32.2 Å². The molecule has 6 heteroatoms. The van der Waals surface area contributed by atoms with E-state index >= 15 is 0 Å². The Morgan fingerprint density at radius 1 is 1.33 bits per heavy atom. The minimum Gasteiger partial charge on any atom is -0.493 e. The Balaban J connectivity index is 2.89. The van der Waals surface area contributed by atoms with Crippen LogP contribution in [0.5, 0.6) is 11.5 Å². The van der Waals surface area contributed by atoms with E-state index in [9.17, 15) is 4.79 Å². The fraction of sp³-hybridized carbons (Fsp3) is 0.533. The van der Waals surface area contributed by atoms with Crippen LogP contribution in [-0.2, 0) is 11.3 Å². The summed E-state index contributed by atoms with van der Waals surface area (Å²) in [5.74, 6) is 0.932. The average molecular weight is 359 g/mol. The molecule has 0 radical (unpaired) electrons. The van der Waals surface area contributed by atoms with E-state index in [4.69, 9.17) is 9.47 Å². The van der Waals surface area contributed by atoms with E-state index in [2.05, 4.69) is 47.3 Å². The van der Waals surface area contributed by atoms with Gasteiger partial charge in [-0.25, -0.2) is 0 Å². The summed E-state index contributed by atoms with van der Waals surface area (Å²) in [6, 6.07) is 3.86. The van der Waals surface area contributed by atoms with E-state index < -0.39 is 0 Å². The van der Waals surface area contributed by atoms with Crippen molar-refractivity contribution in [3.05, 3.63) is 22.2 Å². The van der Waals surface area contributed by atoms with Crippen molar-refractivity contribution in [2.24, 2.45) is 0 Å². The minimum absolute atomic E-state index is 0.0358. The highest BCUT2D eigenvalue weighted by molar-refractivity contribution is 9.10. The van der Waals surface area contributed by atoms with E-state index in [1.807, 2.05) is 12.1 Å². The average Bonchev–Trinajstić information content (AvgIpc) is 2.42. The van der Waals surface area contributed by atoms with Crippen LogP contribution in [0, 0.1) is 0 Å². The number of nitrogens with one attached hydrogen (secondary N) is 2. The molecule has 1 amide bonds. The monoisotopic (exact) mass is 358 g/mol. The summed E-state index contributed by atoms with van der Waals surface area (Å²) in [5.41, 5.74) is 1.11. The van der Waals surface area contributed by atoms with Gasteiger partial charge in [0.15, 0.2) is 18.1 Å². The zero-order valence-corrected chi connectivity index (χ0v) is 14.8. The summed E-state index contributed by atoms with van der Waals surface area (Å²) in [4.78, 5) is 11.3. The van der Waals surface area contributed by atoms with Gasteiger partial charge in [0.1, 0.15) is 0 Å². The molecule has 0 saturated heterocycles. The second kappa shape index (κ2) is 7.66. The number of rotatable bonds is 6. The number of benzene rings is 1. The molecule has 0 spiro atoms. The summed E-state index contributed by atoms with van der Waals surface area (Å²) in [6.07, 6.45) is 0. The van der Waals surface area contributed by atoms with Crippen LogP contribution in [0.3, 0.4) is 0 Å². The van der Waals surface area contributed by atoms with Crippen LogP contribution in [0.15, 0.2) is 16.6 Å². The van der Waals surface area contributed by atoms with E-state index in [0.717, 1.165) is 10.0 Å². The fourth-order valence-electron chi connectivity index (χ4n) is 1.59. The summed E-state index contributed by atoms with van der Waals surface area (Å²) >= 11 is 3.47. The second-order valence-corrected chi connectivity index (χ2v) is 6.53. The van der Waals surface area contributed by atoms with Gasteiger partial charge in [-0.3, -0.25) is 4.79 Å². The number of hydrogen-bond donors (Lipinski definition) is 2. The number of methoxy groups -OCH3 is 1. The van der Waals surface area contributed by atoms with Crippen LogP contribution < -0.4 is 20.1 Å². The highest BCUT2D eigenvalue weighted by atomic mass is 79.9. The number of halogens is 1. The van der Waals surface area contributed by atoms with Crippen molar-refractivity contribution in [2.75, 3.05) is 20.8 Å². The molecule has 0 aliphatic carbocycles. The number of ether oxygens (including phenoxy) is 2. The van der Waals surface area contributed by atoms with Crippen molar-refractivity contribution in [2.45, 2.75) is 32.9 Å². The van der Waals surface area contributed by atoms with E-state index in [1.165, 1.54) is 0 Å². The molecule has 0 fully saturated rings. The number of likely N-dealkylation sites (N-methyl/N-ethyl adjacent to an activating group) is 1. The maximum absolute atomic E-state index is 11.3. The Labute approximate surface area is 134 Å². The standard InChI is InChI=1S/C15H23BrN2O3/c1-15(2,3)18-8-10-6-11(16)14(12(7-10)20-5)21-9-13(19)17-4/h6-7,18H,8-9H2,1-5H3,(H,17,19). The zero-order chi connectivity index (χ0) is 16.0. The first-order chi connectivity index (χ1) is 9.76. The smallest absolute Gasteiger partial charge is 0.257 e. The van der Waals surface area contributed by atoms with Crippen molar-refractivity contribution in [1.29, 1.82) is 0 Å². The Bertz CT molecular complexity index is 498. The molecule has 0 bridgehead atoms. The quantitative estimate of drug-likeness (QED) is 0.819. The first kappa shape index (κ1) is 17.8. The largest absolute Gasteiger partial charge is 0.493 e. The third kappa shape index (κ3) is 5.93. The van der Waals surface area contributed by atoms with Gasteiger partial charge < -0.3 is 20.1 Å². The van der Waals surface area contributed by atoms with Gasteiger partial charge in [0.05, 0.1) is 11.6 Å². The number of hydrogen-bond acceptors (Lipinski definition) is 4. The highest BCUT2D eigenvalue weighted by Gasteiger charge is 2.15. The molecule has 2 N–H and O–H groups in total. The topological polar surface area (TPSA) is 59.6 Å². The summed E-state index contributed by atoms with van der Waals surface area (Å²) in [5, 5.41) is 5.92. The van der Waals surface area contributed by atoms with E-state index in [1.54, 1.807) is 14.2 Å². The summed E-state index contributed by atoms with van der Waals surface area (Å²) in [6.45, 7) is 7.00. The fourth-order valence-corrected chi connectivity index (χ4v) is 2.20. The van der Waals surface area contributed by atoms with Crippen LogP contribution in [0.2, 0.25) is 0 Å². The number of carbonyl (C=O) groups excluding carboxylic acids is 1. The van der Waals surface area contributed by atoms with Crippen molar-refractivity contribution in [3.63, 3.8) is 0 Å².